The number of hydrogen-bond acceptors (Lipinski definition) is 2. The highest BCUT2D eigenvalue weighted by atomic mass is 16.6. The standard InChI is InChI=1S/C12H19NO/c1-4-10-5-7-11(8-6-10)12(2,3)9-14-13/h5-8H,4,9,13H2,1-3H3. The van der Waals surface area contributed by atoms with Gasteiger partial charge in [0.25, 0.3) is 0 Å². The van der Waals surface area contributed by atoms with Crippen LogP contribution in [0, 0.1) is 0 Å². The zero-order chi connectivity index (χ0) is 10.6. The molecular weight excluding hydrogens is 174 g/mol. The van der Waals surface area contributed by atoms with Gasteiger partial charge >= 0.3 is 0 Å². The Labute approximate surface area is 86.0 Å². The maximum absolute atomic E-state index is 5.11. The Hall–Kier alpha value is -0.860. The van der Waals surface area contributed by atoms with Crippen LogP contribution in [0.3, 0.4) is 0 Å². The Kier molecular flexibility index (Phi) is 3.67. The lowest BCUT2D eigenvalue weighted by atomic mass is 9.85. The lowest BCUT2D eigenvalue weighted by Gasteiger charge is -2.23. The highest BCUT2D eigenvalue weighted by Crippen LogP contribution is 2.23. The van der Waals surface area contributed by atoms with Crippen molar-refractivity contribution in [3.63, 3.8) is 0 Å². The molecule has 0 bridgehead atoms. The molecule has 0 aromatic heterocycles. The fraction of sp³-hybridized carbons (Fsp3) is 0.500. The largest absolute Gasteiger partial charge is 0.304 e. The highest BCUT2D eigenvalue weighted by Gasteiger charge is 2.20. The van der Waals surface area contributed by atoms with Crippen LogP contribution in [0.1, 0.15) is 31.9 Å². The van der Waals surface area contributed by atoms with E-state index in [1.54, 1.807) is 0 Å². The minimum Gasteiger partial charge on any atom is -0.304 e. The SMILES string of the molecule is CCc1ccc(C(C)(C)CON)cc1. The van der Waals surface area contributed by atoms with Crippen LogP contribution in [0.5, 0.6) is 0 Å². The molecule has 78 valence electrons. The molecule has 2 nitrogen and oxygen atoms in total. The maximum atomic E-state index is 5.11. The molecule has 0 atom stereocenters. The van der Waals surface area contributed by atoms with Gasteiger partial charge < -0.3 is 4.84 Å². The van der Waals surface area contributed by atoms with E-state index in [-0.39, 0.29) is 5.41 Å². The molecule has 0 aliphatic heterocycles. The molecule has 0 saturated carbocycles. The third-order valence-corrected chi connectivity index (χ3v) is 2.59. The van der Waals surface area contributed by atoms with E-state index in [9.17, 15) is 0 Å². The molecule has 0 radical (unpaired) electrons. The predicted octanol–water partition coefficient (Wildman–Crippen LogP) is 2.42. The van der Waals surface area contributed by atoms with Crippen molar-refractivity contribution in [3.8, 4) is 0 Å². The summed E-state index contributed by atoms with van der Waals surface area (Å²) >= 11 is 0. The van der Waals surface area contributed by atoms with E-state index < -0.39 is 0 Å². The van der Waals surface area contributed by atoms with Crippen molar-refractivity contribution in [2.24, 2.45) is 5.90 Å². The van der Waals surface area contributed by atoms with Gasteiger partial charge in [0.15, 0.2) is 0 Å². The summed E-state index contributed by atoms with van der Waals surface area (Å²) in [5.41, 5.74) is 2.61. The predicted molar refractivity (Wildman–Crippen MR) is 59.0 cm³/mol. The second kappa shape index (κ2) is 4.58. The molecule has 1 aromatic carbocycles. The topological polar surface area (TPSA) is 35.2 Å². The molecule has 0 spiro atoms. The van der Waals surface area contributed by atoms with Gasteiger partial charge in [0.2, 0.25) is 0 Å². The van der Waals surface area contributed by atoms with Gasteiger partial charge in [-0.1, -0.05) is 45.0 Å². The van der Waals surface area contributed by atoms with Gasteiger partial charge in [0.1, 0.15) is 0 Å². The van der Waals surface area contributed by atoms with E-state index in [4.69, 9.17) is 10.7 Å². The second-order valence-electron chi connectivity index (χ2n) is 4.25. The molecule has 2 heteroatoms. The molecule has 0 aliphatic rings. The van der Waals surface area contributed by atoms with Crippen molar-refractivity contribution in [2.75, 3.05) is 6.61 Å². The minimum atomic E-state index is -0.0129. The van der Waals surface area contributed by atoms with Crippen molar-refractivity contribution >= 4 is 0 Å². The minimum absolute atomic E-state index is 0.0129. The molecule has 0 saturated heterocycles. The first kappa shape index (κ1) is 11.2. The summed E-state index contributed by atoms with van der Waals surface area (Å²) in [6.45, 7) is 6.95. The lowest BCUT2D eigenvalue weighted by molar-refractivity contribution is 0.0964. The fourth-order valence-corrected chi connectivity index (χ4v) is 1.48. The van der Waals surface area contributed by atoms with Crippen molar-refractivity contribution in [3.05, 3.63) is 35.4 Å². The Morgan fingerprint density at radius 1 is 1.21 bits per heavy atom. The van der Waals surface area contributed by atoms with Crippen molar-refractivity contribution in [1.82, 2.24) is 0 Å². The van der Waals surface area contributed by atoms with Crippen LogP contribution in [0.4, 0.5) is 0 Å². The third kappa shape index (κ3) is 2.56. The van der Waals surface area contributed by atoms with Gasteiger partial charge in [-0.2, -0.15) is 0 Å². The van der Waals surface area contributed by atoms with Crippen LogP contribution in [0.2, 0.25) is 0 Å². The average molecular weight is 193 g/mol. The summed E-state index contributed by atoms with van der Waals surface area (Å²) in [5.74, 6) is 5.11. The van der Waals surface area contributed by atoms with Crippen molar-refractivity contribution < 1.29 is 4.84 Å². The number of nitrogens with two attached hydrogens (primary N) is 1. The fourth-order valence-electron chi connectivity index (χ4n) is 1.48. The second-order valence-corrected chi connectivity index (χ2v) is 4.25. The van der Waals surface area contributed by atoms with Gasteiger partial charge in [-0.25, -0.2) is 5.90 Å². The molecule has 0 unspecified atom stereocenters. The molecule has 14 heavy (non-hydrogen) atoms. The molecule has 0 fully saturated rings. The zero-order valence-corrected chi connectivity index (χ0v) is 9.21. The van der Waals surface area contributed by atoms with E-state index in [1.807, 2.05) is 0 Å². The number of benzene rings is 1. The van der Waals surface area contributed by atoms with Gasteiger partial charge in [0.05, 0.1) is 6.61 Å². The Bertz CT molecular complexity index is 277. The highest BCUT2D eigenvalue weighted by molar-refractivity contribution is 5.28. The Balaban J connectivity index is 2.85. The van der Waals surface area contributed by atoms with Crippen LogP contribution in [0.15, 0.2) is 24.3 Å². The van der Waals surface area contributed by atoms with E-state index in [0.717, 1.165) is 6.42 Å². The summed E-state index contributed by atoms with van der Waals surface area (Å²) in [6.07, 6.45) is 1.08. The zero-order valence-electron chi connectivity index (χ0n) is 9.21. The molecule has 0 heterocycles. The molecule has 1 rings (SSSR count). The molecule has 0 aliphatic carbocycles. The summed E-state index contributed by atoms with van der Waals surface area (Å²) in [6, 6.07) is 8.62. The van der Waals surface area contributed by atoms with Crippen LogP contribution >= 0.6 is 0 Å². The Morgan fingerprint density at radius 3 is 2.21 bits per heavy atom. The first-order valence-electron chi connectivity index (χ1n) is 5.01. The van der Waals surface area contributed by atoms with E-state index in [1.165, 1.54) is 11.1 Å². The first-order chi connectivity index (χ1) is 6.60. The van der Waals surface area contributed by atoms with E-state index >= 15 is 0 Å². The van der Waals surface area contributed by atoms with E-state index in [2.05, 4.69) is 45.0 Å². The quantitative estimate of drug-likeness (QED) is 0.745. The summed E-state index contributed by atoms with van der Waals surface area (Å²) in [4.78, 5) is 4.72. The summed E-state index contributed by atoms with van der Waals surface area (Å²) < 4.78 is 0. The summed E-state index contributed by atoms with van der Waals surface area (Å²) in [7, 11) is 0. The number of hydrogen-bond donors (Lipinski definition) is 1. The van der Waals surface area contributed by atoms with Crippen molar-refractivity contribution in [2.45, 2.75) is 32.6 Å². The van der Waals surface area contributed by atoms with Gasteiger partial charge in [-0.15, -0.1) is 0 Å². The van der Waals surface area contributed by atoms with Gasteiger partial charge in [-0.3, -0.25) is 0 Å². The monoisotopic (exact) mass is 193 g/mol. The lowest BCUT2D eigenvalue weighted by Crippen LogP contribution is -2.26. The molecule has 0 amide bonds. The van der Waals surface area contributed by atoms with Crippen molar-refractivity contribution in [1.29, 1.82) is 0 Å². The normalized spacial score (nSPS) is 11.7. The first-order valence-corrected chi connectivity index (χ1v) is 5.01. The smallest absolute Gasteiger partial charge is 0.0770 e. The van der Waals surface area contributed by atoms with Crippen LogP contribution in [-0.2, 0) is 16.7 Å². The van der Waals surface area contributed by atoms with Crippen LogP contribution < -0.4 is 5.90 Å². The maximum Gasteiger partial charge on any atom is 0.0770 e. The number of aryl methyl sites for hydroxylation is 1. The van der Waals surface area contributed by atoms with Gasteiger partial charge in [-0.05, 0) is 17.5 Å². The molecular formula is C12H19NO. The number of rotatable bonds is 4. The van der Waals surface area contributed by atoms with Gasteiger partial charge in [0, 0.05) is 5.41 Å². The Morgan fingerprint density at radius 2 is 1.79 bits per heavy atom. The molecule has 2 N–H and O–H groups in total. The van der Waals surface area contributed by atoms with Crippen LogP contribution in [-0.4, -0.2) is 6.61 Å². The van der Waals surface area contributed by atoms with E-state index in [0.29, 0.717) is 6.61 Å². The average Bonchev–Trinajstić information content (AvgIpc) is 2.18. The third-order valence-electron chi connectivity index (χ3n) is 2.59. The van der Waals surface area contributed by atoms with Crippen LogP contribution in [0.25, 0.3) is 0 Å². The molecule has 1 aromatic rings. The summed E-state index contributed by atoms with van der Waals surface area (Å²) in [5, 5.41) is 0.